The molecule has 86 valence electrons. The molecule has 3 nitrogen and oxygen atoms in total. The maximum absolute atomic E-state index is 11.8. The summed E-state index contributed by atoms with van der Waals surface area (Å²) in [5.41, 5.74) is 2.07. The van der Waals surface area contributed by atoms with Crippen molar-refractivity contribution in [2.45, 2.75) is 18.8 Å². The number of benzene rings is 1. The SMILES string of the molecule is CNCCCC1C(=O)Nc2cccc(Br)c21. The summed E-state index contributed by atoms with van der Waals surface area (Å²) >= 11 is 3.52. The lowest BCUT2D eigenvalue weighted by atomic mass is 9.96. The molecule has 1 aliphatic heterocycles. The molecule has 0 saturated heterocycles. The van der Waals surface area contributed by atoms with Gasteiger partial charge in [0, 0.05) is 15.7 Å². The third-order valence-corrected chi connectivity index (χ3v) is 3.59. The Hall–Kier alpha value is -0.870. The first-order chi connectivity index (χ1) is 7.74. The van der Waals surface area contributed by atoms with Gasteiger partial charge in [-0.2, -0.15) is 0 Å². The van der Waals surface area contributed by atoms with E-state index in [1.807, 2.05) is 25.2 Å². The largest absolute Gasteiger partial charge is 0.325 e. The molecular weight excluding hydrogens is 268 g/mol. The normalized spacial score (nSPS) is 18.4. The summed E-state index contributed by atoms with van der Waals surface area (Å²) in [6.07, 6.45) is 1.90. The van der Waals surface area contributed by atoms with Gasteiger partial charge >= 0.3 is 0 Å². The van der Waals surface area contributed by atoms with Crippen LogP contribution in [0.5, 0.6) is 0 Å². The van der Waals surface area contributed by atoms with Gasteiger partial charge in [-0.1, -0.05) is 22.0 Å². The van der Waals surface area contributed by atoms with Crippen LogP contribution < -0.4 is 10.6 Å². The summed E-state index contributed by atoms with van der Waals surface area (Å²) < 4.78 is 1.03. The Labute approximate surface area is 104 Å². The van der Waals surface area contributed by atoms with Gasteiger partial charge < -0.3 is 10.6 Å². The highest BCUT2D eigenvalue weighted by atomic mass is 79.9. The number of anilines is 1. The van der Waals surface area contributed by atoms with Crippen molar-refractivity contribution in [3.8, 4) is 0 Å². The molecule has 1 aromatic carbocycles. The van der Waals surface area contributed by atoms with Crippen molar-refractivity contribution in [3.05, 3.63) is 28.2 Å². The lowest BCUT2D eigenvalue weighted by Gasteiger charge is -2.09. The van der Waals surface area contributed by atoms with Crippen LogP contribution in [0.1, 0.15) is 24.3 Å². The van der Waals surface area contributed by atoms with Crippen molar-refractivity contribution in [2.24, 2.45) is 0 Å². The second-order valence-corrected chi connectivity index (χ2v) is 4.84. The highest BCUT2D eigenvalue weighted by molar-refractivity contribution is 9.10. The van der Waals surface area contributed by atoms with E-state index in [0.29, 0.717) is 0 Å². The second-order valence-electron chi connectivity index (χ2n) is 3.99. The molecule has 0 bridgehead atoms. The van der Waals surface area contributed by atoms with E-state index in [0.717, 1.165) is 35.1 Å². The lowest BCUT2D eigenvalue weighted by molar-refractivity contribution is -0.117. The standard InChI is InChI=1S/C12H15BrN2O/c1-14-7-3-4-8-11-9(13)5-2-6-10(11)15-12(8)16/h2,5-6,8,14H,3-4,7H2,1H3,(H,15,16). The Balaban J connectivity index is 2.18. The van der Waals surface area contributed by atoms with Gasteiger partial charge in [0.25, 0.3) is 0 Å². The van der Waals surface area contributed by atoms with Crippen LogP contribution in [0.25, 0.3) is 0 Å². The third kappa shape index (κ3) is 2.13. The van der Waals surface area contributed by atoms with Crippen LogP contribution in [0.3, 0.4) is 0 Å². The summed E-state index contributed by atoms with van der Waals surface area (Å²) in [4.78, 5) is 11.8. The van der Waals surface area contributed by atoms with E-state index in [-0.39, 0.29) is 11.8 Å². The number of hydrogen-bond donors (Lipinski definition) is 2. The number of nitrogens with one attached hydrogen (secondary N) is 2. The number of rotatable bonds is 4. The highest BCUT2D eigenvalue weighted by Gasteiger charge is 2.31. The molecule has 2 rings (SSSR count). The van der Waals surface area contributed by atoms with Crippen LogP contribution in [-0.2, 0) is 4.79 Å². The van der Waals surface area contributed by atoms with Gasteiger partial charge in [-0.3, -0.25) is 4.79 Å². The van der Waals surface area contributed by atoms with Gasteiger partial charge in [0.2, 0.25) is 5.91 Å². The number of carbonyl (C=O) groups excluding carboxylic acids is 1. The van der Waals surface area contributed by atoms with E-state index >= 15 is 0 Å². The molecule has 0 radical (unpaired) electrons. The third-order valence-electron chi connectivity index (χ3n) is 2.90. The molecule has 1 unspecified atom stereocenters. The molecule has 0 fully saturated rings. The Morgan fingerprint density at radius 3 is 3.06 bits per heavy atom. The first kappa shape index (κ1) is 11.6. The zero-order valence-corrected chi connectivity index (χ0v) is 10.8. The fourth-order valence-corrected chi connectivity index (χ4v) is 2.75. The van der Waals surface area contributed by atoms with Gasteiger partial charge in [-0.05, 0) is 38.6 Å². The Morgan fingerprint density at radius 2 is 2.31 bits per heavy atom. The first-order valence-electron chi connectivity index (χ1n) is 5.48. The molecule has 0 spiro atoms. The van der Waals surface area contributed by atoms with Crippen LogP contribution >= 0.6 is 15.9 Å². The van der Waals surface area contributed by atoms with Gasteiger partial charge in [-0.25, -0.2) is 0 Å². The topological polar surface area (TPSA) is 41.1 Å². The zero-order chi connectivity index (χ0) is 11.5. The Kier molecular flexibility index (Phi) is 3.61. The monoisotopic (exact) mass is 282 g/mol. The van der Waals surface area contributed by atoms with Gasteiger partial charge in [-0.15, -0.1) is 0 Å². The van der Waals surface area contributed by atoms with E-state index in [4.69, 9.17) is 0 Å². The van der Waals surface area contributed by atoms with Crippen molar-refractivity contribution in [1.29, 1.82) is 0 Å². The van der Waals surface area contributed by atoms with Crippen molar-refractivity contribution >= 4 is 27.5 Å². The summed E-state index contributed by atoms with van der Waals surface area (Å²) in [7, 11) is 1.93. The number of halogens is 1. The highest BCUT2D eigenvalue weighted by Crippen LogP contribution is 2.39. The van der Waals surface area contributed by atoms with E-state index in [1.165, 1.54) is 0 Å². The molecule has 2 N–H and O–H groups in total. The molecule has 4 heteroatoms. The van der Waals surface area contributed by atoms with Crippen molar-refractivity contribution in [3.63, 3.8) is 0 Å². The molecule has 1 aliphatic rings. The van der Waals surface area contributed by atoms with Crippen LogP contribution in [0.2, 0.25) is 0 Å². The maximum atomic E-state index is 11.8. The summed E-state index contributed by atoms with van der Waals surface area (Å²) in [6, 6.07) is 5.89. The minimum Gasteiger partial charge on any atom is -0.325 e. The smallest absolute Gasteiger partial charge is 0.232 e. The first-order valence-corrected chi connectivity index (χ1v) is 6.27. The molecule has 16 heavy (non-hydrogen) atoms. The second kappa shape index (κ2) is 4.97. The lowest BCUT2D eigenvalue weighted by Crippen LogP contribution is -2.15. The number of amides is 1. The van der Waals surface area contributed by atoms with Crippen LogP contribution in [0, 0.1) is 0 Å². The Morgan fingerprint density at radius 1 is 1.50 bits per heavy atom. The number of carbonyl (C=O) groups is 1. The molecule has 0 aliphatic carbocycles. The van der Waals surface area contributed by atoms with Gasteiger partial charge in [0.1, 0.15) is 0 Å². The van der Waals surface area contributed by atoms with Crippen LogP contribution in [0.15, 0.2) is 22.7 Å². The molecule has 1 aromatic rings. The van der Waals surface area contributed by atoms with Crippen molar-refractivity contribution in [2.75, 3.05) is 18.9 Å². The average molecular weight is 283 g/mol. The number of fused-ring (bicyclic) bond motifs is 1. The molecule has 1 atom stereocenters. The quantitative estimate of drug-likeness (QED) is 0.833. The maximum Gasteiger partial charge on any atom is 0.232 e. The average Bonchev–Trinajstić information content (AvgIpc) is 2.57. The van der Waals surface area contributed by atoms with E-state index in [9.17, 15) is 4.79 Å². The van der Waals surface area contributed by atoms with Gasteiger partial charge in [0.15, 0.2) is 0 Å². The van der Waals surface area contributed by atoms with Gasteiger partial charge in [0.05, 0.1) is 5.92 Å². The minimum absolute atomic E-state index is 0.000995. The predicted molar refractivity (Wildman–Crippen MR) is 68.7 cm³/mol. The van der Waals surface area contributed by atoms with E-state index < -0.39 is 0 Å². The fraction of sp³-hybridized carbons (Fsp3) is 0.417. The molecule has 0 aromatic heterocycles. The fourth-order valence-electron chi connectivity index (χ4n) is 2.11. The molecular formula is C12H15BrN2O. The summed E-state index contributed by atoms with van der Waals surface area (Å²) in [6.45, 7) is 0.948. The summed E-state index contributed by atoms with van der Waals surface area (Å²) in [5.74, 6) is 0.122. The minimum atomic E-state index is -0.000995. The van der Waals surface area contributed by atoms with Crippen LogP contribution in [-0.4, -0.2) is 19.5 Å². The van der Waals surface area contributed by atoms with Crippen molar-refractivity contribution < 1.29 is 4.79 Å². The summed E-state index contributed by atoms with van der Waals surface area (Å²) in [5, 5.41) is 6.03. The van der Waals surface area contributed by atoms with E-state index in [1.54, 1.807) is 0 Å². The predicted octanol–water partition coefficient (Wildman–Crippen LogP) is 2.48. The molecule has 0 saturated carbocycles. The van der Waals surface area contributed by atoms with Crippen LogP contribution in [0.4, 0.5) is 5.69 Å². The van der Waals surface area contributed by atoms with E-state index in [2.05, 4.69) is 26.6 Å². The number of hydrogen-bond acceptors (Lipinski definition) is 2. The molecule has 1 amide bonds. The Bertz CT molecular complexity index is 406. The zero-order valence-electron chi connectivity index (χ0n) is 9.22. The van der Waals surface area contributed by atoms with Crippen molar-refractivity contribution in [1.82, 2.24) is 5.32 Å². The molecule has 1 heterocycles.